The van der Waals surface area contributed by atoms with Crippen LogP contribution in [0.25, 0.3) is 0 Å². The van der Waals surface area contributed by atoms with E-state index in [2.05, 4.69) is 0 Å². The molecule has 0 spiro atoms. The maximum Gasteiger partial charge on any atom is 0.407 e. The van der Waals surface area contributed by atoms with Gasteiger partial charge in [-0.1, -0.05) is 12.1 Å². The average Bonchev–Trinajstić information content (AvgIpc) is 2.38. The number of hydrogen-bond donors (Lipinski definition) is 2. The topological polar surface area (TPSA) is 70.0 Å². The summed E-state index contributed by atoms with van der Waals surface area (Å²) in [6, 6.07) is 5.57. The molecule has 0 radical (unpaired) electrons. The summed E-state index contributed by atoms with van der Waals surface area (Å²) in [5.41, 5.74) is 0.382. The van der Waals surface area contributed by atoms with E-state index in [9.17, 15) is 14.3 Å². The maximum atomic E-state index is 13.0. The fourth-order valence-corrected chi connectivity index (χ4v) is 1.95. The molecule has 1 saturated heterocycles. The number of rotatable bonds is 2. The molecule has 5 nitrogen and oxygen atoms in total. The van der Waals surface area contributed by atoms with Gasteiger partial charge in [-0.3, -0.25) is 0 Å². The van der Waals surface area contributed by atoms with Crippen LogP contribution in [0.15, 0.2) is 24.3 Å². The molecule has 0 aliphatic carbocycles. The largest absolute Gasteiger partial charge is 0.465 e. The van der Waals surface area contributed by atoms with Crippen LogP contribution in [-0.2, 0) is 4.74 Å². The van der Waals surface area contributed by atoms with Gasteiger partial charge in [0.05, 0.1) is 13.2 Å². The van der Waals surface area contributed by atoms with E-state index in [1.807, 2.05) is 0 Å². The highest BCUT2D eigenvalue weighted by atomic mass is 19.1. The Morgan fingerprint density at radius 2 is 2.33 bits per heavy atom. The summed E-state index contributed by atoms with van der Waals surface area (Å²) in [5.74, 6) is -0.447. The van der Waals surface area contributed by atoms with Gasteiger partial charge in [-0.15, -0.1) is 0 Å². The van der Waals surface area contributed by atoms with Crippen molar-refractivity contribution in [2.45, 2.75) is 12.2 Å². The fourth-order valence-electron chi connectivity index (χ4n) is 1.95. The fraction of sp³-hybridized carbons (Fsp3) is 0.417. The Kier molecular flexibility index (Phi) is 3.78. The third kappa shape index (κ3) is 2.77. The summed E-state index contributed by atoms with van der Waals surface area (Å²) < 4.78 is 18.4. The number of aliphatic hydroxyl groups excluding tert-OH is 1. The molecule has 1 aliphatic rings. The lowest BCUT2D eigenvalue weighted by molar-refractivity contribution is -0.0836. The molecule has 0 saturated carbocycles. The molecule has 1 aromatic rings. The number of aliphatic hydroxyl groups is 1. The normalized spacial score (nSPS) is 21.7. The Labute approximate surface area is 103 Å². The van der Waals surface area contributed by atoms with Gasteiger partial charge < -0.3 is 19.8 Å². The number of halogens is 1. The summed E-state index contributed by atoms with van der Waals surface area (Å²) >= 11 is 0. The Hall–Kier alpha value is -1.66. The lowest BCUT2D eigenvalue weighted by Crippen LogP contribution is -2.47. The molecule has 18 heavy (non-hydrogen) atoms. The molecule has 2 rings (SSSR count). The van der Waals surface area contributed by atoms with Gasteiger partial charge in [0.15, 0.2) is 0 Å². The number of amides is 1. The van der Waals surface area contributed by atoms with Crippen LogP contribution in [0, 0.1) is 5.82 Å². The number of hydrogen-bond acceptors (Lipinski definition) is 3. The van der Waals surface area contributed by atoms with Crippen LogP contribution in [0.5, 0.6) is 0 Å². The SMILES string of the molecule is O=C(O)N1CCOC(C(O)c2cccc(F)c2)C1. The van der Waals surface area contributed by atoms with Crippen molar-refractivity contribution in [1.29, 1.82) is 0 Å². The van der Waals surface area contributed by atoms with Crippen LogP contribution < -0.4 is 0 Å². The minimum Gasteiger partial charge on any atom is -0.465 e. The van der Waals surface area contributed by atoms with E-state index in [0.717, 1.165) is 0 Å². The molecular weight excluding hydrogens is 241 g/mol. The summed E-state index contributed by atoms with van der Waals surface area (Å²) in [6.07, 6.45) is -2.76. The molecule has 2 N–H and O–H groups in total. The van der Waals surface area contributed by atoms with Crippen LogP contribution >= 0.6 is 0 Å². The van der Waals surface area contributed by atoms with Gasteiger partial charge in [-0.25, -0.2) is 9.18 Å². The number of morpholine rings is 1. The average molecular weight is 255 g/mol. The molecule has 2 atom stereocenters. The summed E-state index contributed by atoms with van der Waals surface area (Å²) in [7, 11) is 0. The Morgan fingerprint density at radius 1 is 1.56 bits per heavy atom. The molecule has 1 fully saturated rings. The van der Waals surface area contributed by atoms with Crippen LogP contribution in [0.1, 0.15) is 11.7 Å². The van der Waals surface area contributed by atoms with Crippen molar-refractivity contribution in [1.82, 2.24) is 4.90 Å². The standard InChI is InChI=1S/C12H14FNO4/c13-9-3-1-2-8(6-9)11(15)10-7-14(12(16)17)4-5-18-10/h1-3,6,10-11,15H,4-5,7H2,(H,16,17). The zero-order valence-electron chi connectivity index (χ0n) is 9.62. The zero-order chi connectivity index (χ0) is 13.1. The van der Waals surface area contributed by atoms with Gasteiger partial charge in [-0.05, 0) is 17.7 Å². The van der Waals surface area contributed by atoms with E-state index in [1.54, 1.807) is 6.07 Å². The number of carboxylic acid groups (broad SMARTS) is 1. The van der Waals surface area contributed by atoms with Crippen molar-refractivity contribution < 1.29 is 24.1 Å². The van der Waals surface area contributed by atoms with Crippen LogP contribution in [0.4, 0.5) is 9.18 Å². The summed E-state index contributed by atoms with van der Waals surface area (Å²) in [4.78, 5) is 12.0. The lowest BCUT2D eigenvalue weighted by atomic mass is 10.0. The van der Waals surface area contributed by atoms with Crippen molar-refractivity contribution in [3.05, 3.63) is 35.6 Å². The van der Waals surface area contributed by atoms with Crippen LogP contribution in [-0.4, -0.2) is 47.0 Å². The molecule has 1 aromatic carbocycles. The first kappa shape index (κ1) is 12.8. The molecule has 0 aromatic heterocycles. The van der Waals surface area contributed by atoms with E-state index in [1.165, 1.54) is 23.1 Å². The van der Waals surface area contributed by atoms with Crippen molar-refractivity contribution in [2.24, 2.45) is 0 Å². The summed E-state index contributed by atoms with van der Waals surface area (Å²) in [5, 5.41) is 18.9. The van der Waals surface area contributed by atoms with E-state index in [4.69, 9.17) is 9.84 Å². The van der Waals surface area contributed by atoms with Crippen LogP contribution in [0.2, 0.25) is 0 Å². The molecule has 0 bridgehead atoms. The first-order valence-corrected chi connectivity index (χ1v) is 5.61. The number of nitrogens with zero attached hydrogens (tertiary/aromatic N) is 1. The number of ether oxygens (including phenoxy) is 1. The lowest BCUT2D eigenvalue weighted by Gasteiger charge is -2.33. The smallest absolute Gasteiger partial charge is 0.407 e. The van der Waals surface area contributed by atoms with Crippen molar-refractivity contribution in [2.75, 3.05) is 19.7 Å². The van der Waals surface area contributed by atoms with Gasteiger partial charge in [0.25, 0.3) is 0 Å². The van der Waals surface area contributed by atoms with Crippen LogP contribution in [0.3, 0.4) is 0 Å². The van der Waals surface area contributed by atoms with E-state index >= 15 is 0 Å². The predicted molar refractivity (Wildman–Crippen MR) is 60.7 cm³/mol. The highest BCUT2D eigenvalue weighted by Gasteiger charge is 2.30. The molecule has 98 valence electrons. The first-order valence-electron chi connectivity index (χ1n) is 5.61. The van der Waals surface area contributed by atoms with Gasteiger partial charge in [0, 0.05) is 6.54 Å². The second-order valence-corrected chi connectivity index (χ2v) is 4.14. The molecule has 1 heterocycles. The number of benzene rings is 1. The monoisotopic (exact) mass is 255 g/mol. The number of carbonyl (C=O) groups is 1. The molecule has 1 aliphatic heterocycles. The molecule has 2 unspecified atom stereocenters. The van der Waals surface area contributed by atoms with Gasteiger partial charge in [-0.2, -0.15) is 0 Å². The van der Waals surface area contributed by atoms with Crippen molar-refractivity contribution in [3.8, 4) is 0 Å². The van der Waals surface area contributed by atoms with E-state index in [0.29, 0.717) is 5.56 Å². The highest BCUT2D eigenvalue weighted by Crippen LogP contribution is 2.22. The quantitative estimate of drug-likeness (QED) is 0.834. The summed E-state index contributed by atoms with van der Waals surface area (Å²) in [6.45, 7) is 0.581. The zero-order valence-corrected chi connectivity index (χ0v) is 9.62. The third-order valence-electron chi connectivity index (χ3n) is 2.91. The minimum absolute atomic E-state index is 0.0764. The molecule has 1 amide bonds. The Balaban J connectivity index is 2.09. The van der Waals surface area contributed by atoms with Crippen molar-refractivity contribution >= 4 is 6.09 Å². The van der Waals surface area contributed by atoms with E-state index < -0.39 is 24.1 Å². The van der Waals surface area contributed by atoms with E-state index in [-0.39, 0.29) is 19.7 Å². The Morgan fingerprint density at radius 3 is 3.00 bits per heavy atom. The molecule has 6 heteroatoms. The van der Waals surface area contributed by atoms with Crippen molar-refractivity contribution in [3.63, 3.8) is 0 Å². The third-order valence-corrected chi connectivity index (χ3v) is 2.91. The van der Waals surface area contributed by atoms with Gasteiger partial charge in [0.2, 0.25) is 0 Å². The predicted octanol–water partition coefficient (Wildman–Crippen LogP) is 1.24. The highest BCUT2D eigenvalue weighted by molar-refractivity contribution is 5.65. The second-order valence-electron chi connectivity index (χ2n) is 4.14. The minimum atomic E-state index is -1.05. The Bertz CT molecular complexity index is 440. The molecular formula is C12H14FNO4. The second kappa shape index (κ2) is 5.32. The maximum absolute atomic E-state index is 13.0. The van der Waals surface area contributed by atoms with Gasteiger partial charge in [0.1, 0.15) is 18.0 Å². The van der Waals surface area contributed by atoms with Gasteiger partial charge >= 0.3 is 6.09 Å². The first-order chi connectivity index (χ1) is 8.58.